The van der Waals surface area contributed by atoms with Crippen molar-refractivity contribution in [2.45, 2.75) is 0 Å². The van der Waals surface area contributed by atoms with Gasteiger partial charge in [0.15, 0.2) is 0 Å². The molecule has 0 bridgehead atoms. The molecule has 0 aromatic carbocycles. The van der Waals surface area contributed by atoms with Gasteiger partial charge in [-0.15, -0.1) is 0 Å². The summed E-state index contributed by atoms with van der Waals surface area (Å²) in [6, 6.07) is 4.04. The Morgan fingerprint density at radius 3 is 2.73 bits per heavy atom. The quantitative estimate of drug-likeness (QED) is 0.794. The number of pyridine rings is 1. The molecule has 1 aromatic heterocycles. The van der Waals surface area contributed by atoms with Crippen LogP contribution in [0.1, 0.15) is 5.56 Å². The topological polar surface area (TPSA) is 28.2 Å². The largest absolute Gasteiger partial charge is 0.314 e. The van der Waals surface area contributed by atoms with Crippen LogP contribution in [0.25, 0.3) is 6.08 Å². The fraction of sp³-hybridized carbons (Fsp3) is 0.417. The first-order chi connectivity index (χ1) is 7.45. The lowest BCUT2D eigenvalue weighted by molar-refractivity contribution is 0.265. The highest BCUT2D eigenvalue weighted by atomic mass is 15.2. The summed E-state index contributed by atoms with van der Waals surface area (Å²) in [4.78, 5) is 6.44. The van der Waals surface area contributed by atoms with Crippen molar-refractivity contribution in [3.63, 3.8) is 0 Å². The molecule has 0 radical (unpaired) electrons. The summed E-state index contributed by atoms with van der Waals surface area (Å²) in [5, 5.41) is 3.35. The maximum absolute atomic E-state index is 3.99. The van der Waals surface area contributed by atoms with E-state index in [4.69, 9.17) is 0 Å². The number of nitrogens with zero attached hydrogens (tertiary/aromatic N) is 2. The molecule has 2 heterocycles. The third-order valence-electron chi connectivity index (χ3n) is 2.59. The fourth-order valence-electron chi connectivity index (χ4n) is 1.71. The maximum Gasteiger partial charge on any atom is 0.0273 e. The summed E-state index contributed by atoms with van der Waals surface area (Å²) >= 11 is 0. The van der Waals surface area contributed by atoms with Crippen molar-refractivity contribution in [2.24, 2.45) is 0 Å². The van der Waals surface area contributed by atoms with Crippen molar-refractivity contribution in [1.29, 1.82) is 0 Å². The van der Waals surface area contributed by atoms with Gasteiger partial charge in [-0.05, 0) is 17.7 Å². The van der Waals surface area contributed by atoms with Gasteiger partial charge in [-0.2, -0.15) is 0 Å². The first-order valence-electron chi connectivity index (χ1n) is 5.45. The molecule has 2 rings (SSSR count). The van der Waals surface area contributed by atoms with Gasteiger partial charge in [-0.1, -0.05) is 12.2 Å². The minimum absolute atomic E-state index is 1.05. The Morgan fingerprint density at radius 2 is 2.00 bits per heavy atom. The smallest absolute Gasteiger partial charge is 0.0273 e. The van der Waals surface area contributed by atoms with E-state index in [0.29, 0.717) is 0 Å². The first kappa shape index (κ1) is 10.3. The molecule has 0 atom stereocenters. The van der Waals surface area contributed by atoms with Gasteiger partial charge in [0.1, 0.15) is 0 Å². The van der Waals surface area contributed by atoms with Crippen LogP contribution >= 0.6 is 0 Å². The van der Waals surface area contributed by atoms with Crippen molar-refractivity contribution < 1.29 is 0 Å². The third kappa shape index (κ3) is 3.46. The second-order valence-corrected chi connectivity index (χ2v) is 3.73. The average molecular weight is 203 g/mol. The molecule has 0 aliphatic carbocycles. The first-order valence-corrected chi connectivity index (χ1v) is 5.45. The second-order valence-electron chi connectivity index (χ2n) is 3.73. The minimum Gasteiger partial charge on any atom is -0.314 e. The molecular weight excluding hydrogens is 186 g/mol. The molecule has 1 aromatic rings. The third-order valence-corrected chi connectivity index (χ3v) is 2.59. The molecule has 3 nitrogen and oxygen atoms in total. The molecule has 15 heavy (non-hydrogen) atoms. The summed E-state index contributed by atoms with van der Waals surface area (Å²) in [6.45, 7) is 5.58. The van der Waals surface area contributed by atoms with Gasteiger partial charge in [0, 0.05) is 45.1 Å². The Kier molecular flexibility index (Phi) is 3.88. The Morgan fingerprint density at radius 1 is 1.27 bits per heavy atom. The van der Waals surface area contributed by atoms with Crippen LogP contribution in [0.15, 0.2) is 30.6 Å². The zero-order valence-electron chi connectivity index (χ0n) is 8.89. The van der Waals surface area contributed by atoms with E-state index in [1.807, 2.05) is 24.5 Å². The molecule has 0 unspecified atom stereocenters. The van der Waals surface area contributed by atoms with E-state index in [-0.39, 0.29) is 0 Å². The van der Waals surface area contributed by atoms with Crippen LogP contribution in [-0.4, -0.2) is 42.6 Å². The van der Waals surface area contributed by atoms with Gasteiger partial charge in [-0.25, -0.2) is 0 Å². The van der Waals surface area contributed by atoms with Crippen LogP contribution in [0.4, 0.5) is 0 Å². The summed E-state index contributed by atoms with van der Waals surface area (Å²) in [5.41, 5.74) is 1.22. The highest BCUT2D eigenvalue weighted by molar-refractivity contribution is 5.47. The van der Waals surface area contributed by atoms with Gasteiger partial charge in [0.25, 0.3) is 0 Å². The molecule has 1 N–H and O–H groups in total. The zero-order valence-corrected chi connectivity index (χ0v) is 8.89. The van der Waals surface area contributed by atoms with Crippen molar-refractivity contribution in [1.82, 2.24) is 15.2 Å². The van der Waals surface area contributed by atoms with E-state index in [1.54, 1.807) is 0 Å². The molecule has 0 saturated carbocycles. The number of hydrogen-bond acceptors (Lipinski definition) is 3. The van der Waals surface area contributed by atoms with Crippen LogP contribution in [-0.2, 0) is 0 Å². The van der Waals surface area contributed by atoms with Crippen LogP contribution < -0.4 is 5.32 Å². The van der Waals surface area contributed by atoms with E-state index in [2.05, 4.69) is 27.4 Å². The van der Waals surface area contributed by atoms with Crippen LogP contribution in [0, 0.1) is 0 Å². The van der Waals surface area contributed by atoms with E-state index in [0.717, 1.165) is 32.7 Å². The number of piperazine rings is 1. The summed E-state index contributed by atoms with van der Waals surface area (Å²) in [6.07, 6.45) is 8.03. The van der Waals surface area contributed by atoms with Crippen molar-refractivity contribution in [3.05, 3.63) is 36.2 Å². The predicted molar refractivity (Wildman–Crippen MR) is 62.6 cm³/mol. The lowest BCUT2D eigenvalue weighted by Crippen LogP contribution is -2.43. The van der Waals surface area contributed by atoms with Gasteiger partial charge in [0.2, 0.25) is 0 Å². The number of rotatable bonds is 3. The summed E-state index contributed by atoms with van der Waals surface area (Å²) in [7, 11) is 0. The minimum atomic E-state index is 1.05. The van der Waals surface area contributed by atoms with E-state index in [1.165, 1.54) is 5.56 Å². The Hall–Kier alpha value is -1.19. The molecule has 0 amide bonds. The molecule has 80 valence electrons. The lowest BCUT2D eigenvalue weighted by Gasteiger charge is -2.25. The van der Waals surface area contributed by atoms with Crippen molar-refractivity contribution >= 4 is 6.08 Å². The molecule has 1 saturated heterocycles. The second kappa shape index (κ2) is 5.63. The highest BCUT2D eigenvalue weighted by Crippen LogP contribution is 2.00. The SMILES string of the molecule is C(=C\c1ccncc1)/CN1CCNCC1. The summed E-state index contributed by atoms with van der Waals surface area (Å²) in [5.74, 6) is 0. The molecule has 1 fully saturated rings. The molecule has 1 aliphatic heterocycles. The predicted octanol–water partition coefficient (Wildman–Crippen LogP) is 1.00. The monoisotopic (exact) mass is 203 g/mol. The van der Waals surface area contributed by atoms with Gasteiger partial charge >= 0.3 is 0 Å². The average Bonchev–Trinajstić information content (AvgIpc) is 2.32. The summed E-state index contributed by atoms with van der Waals surface area (Å²) < 4.78 is 0. The fourth-order valence-corrected chi connectivity index (χ4v) is 1.71. The van der Waals surface area contributed by atoms with Gasteiger partial charge < -0.3 is 5.32 Å². The Bertz CT molecular complexity index is 302. The van der Waals surface area contributed by atoms with Crippen LogP contribution in [0.5, 0.6) is 0 Å². The standard InChI is InChI=1S/C12H17N3/c1(2-12-3-5-13-6-4-12)9-15-10-7-14-8-11-15/h1-6,14H,7-11H2/b2-1+. The van der Waals surface area contributed by atoms with E-state index < -0.39 is 0 Å². The van der Waals surface area contributed by atoms with E-state index >= 15 is 0 Å². The Balaban J connectivity index is 1.79. The highest BCUT2D eigenvalue weighted by Gasteiger charge is 2.06. The maximum atomic E-state index is 3.99. The lowest BCUT2D eigenvalue weighted by atomic mass is 10.2. The van der Waals surface area contributed by atoms with Gasteiger partial charge in [0.05, 0.1) is 0 Å². The van der Waals surface area contributed by atoms with Gasteiger partial charge in [-0.3, -0.25) is 9.88 Å². The number of aromatic nitrogens is 1. The van der Waals surface area contributed by atoms with Crippen molar-refractivity contribution in [2.75, 3.05) is 32.7 Å². The normalized spacial score (nSPS) is 18.4. The molecular formula is C12H17N3. The molecule has 0 spiro atoms. The van der Waals surface area contributed by atoms with Crippen LogP contribution in [0.3, 0.4) is 0 Å². The number of nitrogens with one attached hydrogen (secondary N) is 1. The molecule has 1 aliphatic rings. The van der Waals surface area contributed by atoms with Crippen LogP contribution in [0.2, 0.25) is 0 Å². The van der Waals surface area contributed by atoms with Crippen molar-refractivity contribution in [3.8, 4) is 0 Å². The molecule has 3 heteroatoms. The Labute approximate surface area is 90.8 Å². The van der Waals surface area contributed by atoms with E-state index in [9.17, 15) is 0 Å². The number of hydrogen-bond donors (Lipinski definition) is 1. The zero-order chi connectivity index (χ0) is 10.3.